The number of carbonyl (C=O) groups is 1. The van der Waals surface area contributed by atoms with Crippen LogP contribution in [0.5, 0.6) is 0 Å². The van der Waals surface area contributed by atoms with E-state index in [1.807, 2.05) is 36.4 Å². The number of fused-ring (bicyclic) bond motifs is 1. The van der Waals surface area contributed by atoms with Crippen molar-refractivity contribution in [1.29, 1.82) is 0 Å². The van der Waals surface area contributed by atoms with Gasteiger partial charge in [0.1, 0.15) is 0 Å². The van der Waals surface area contributed by atoms with Crippen LogP contribution in [-0.2, 0) is 11.3 Å². The van der Waals surface area contributed by atoms with Crippen LogP contribution in [0, 0.1) is 0 Å². The van der Waals surface area contributed by atoms with Crippen molar-refractivity contribution in [2.24, 2.45) is 0 Å². The minimum Gasteiger partial charge on any atom is -0.478 e. The fraction of sp³-hybridized carbons (Fsp3) is 0.105. The third-order valence-electron chi connectivity index (χ3n) is 3.71. The Balaban J connectivity index is 1.99. The zero-order valence-corrected chi connectivity index (χ0v) is 12.4. The average Bonchev–Trinajstić information content (AvgIpc) is 2.91. The first-order valence-electron chi connectivity index (χ1n) is 7.18. The number of aliphatic carboxylic acids is 1. The molecule has 3 nitrogen and oxygen atoms in total. The quantitative estimate of drug-likeness (QED) is 0.733. The van der Waals surface area contributed by atoms with Crippen LogP contribution in [0.25, 0.3) is 17.0 Å². The molecule has 0 spiro atoms. The highest BCUT2D eigenvalue weighted by Gasteiger charge is 2.04. The Labute approximate surface area is 129 Å². The van der Waals surface area contributed by atoms with Gasteiger partial charge in [0.05, 0.1) is 0 Å². The fourth-order valence-corrected chi connectivity index (χ4v) is 2.52. The van der Waals surface area contributed by atoms with Crippen LogP contribution < -0.4 is 0 Å². The van der Waals surface area contributed by atoms with Crippen molar-refractivity contribution < 1.29 is 9.90 Å². The maximum absolute atomic E-state index is 11.0. The summed E-state index contributed by atoms with van der Waals surface area (Å²) in [5.74, 6) is -0.889. The van der Waals surface area contributed by atoms with Gasteiger partial charge in [-0.05, 0) is 41.6 Å². The monoisotopic (exact) mass is 291 g/mol. The van der Waals surface area contributed by atoms with E-state index in [4.69, 9.17) is 5.11 Å². The van der Waals surface area contributed by atoms with Crippen molar-refractivity contribution in [3.05, 3.63) is 77.5 Å². The number of rotatable bonds is 4. The highest BCUT2D eigenvalue weighted by atomic mass is 16.4. The van der Waals surface area contributed by atoms with E-state index in [9.17, 15) is 4.79 Å². The zero-order valence-electron chi connectivity index (χ0n) is 12.4. The van der Waals surface area contributed by atoms with E-state index in [-0.39, 0.29) is 0 Å². The molecule has 0 aliphatic rings. The number of carboxylic acid groups (broad SMARTS) is 1. The lowest BCUT2D eigenvalue weighted by Gasteiger charge is -2.06. The van der Waals surface area contributed by atoms with Gasteiger partial charge in [0.2, 0.25) is 0 Å². The lowest BCUT2D eigenvalue weighted by molar-refractivity contribution is -0.132. The maximum atomic E-state index is 11.0. The fourth-order valence-electron chi connectivity index (χ4n) is 2.52. The first-order valence-corrected chi connectivity index (χ1v) is 7.18. The Morgan fingerprint density at radius 1 is 1.14 bits per heavy atom. The normalized spacial score (nSPS) is 11.8. The topological polar surface area (TPSA) is 42.2 Å². The third kappa shape index (κ3) is 2.93. The van der Waals surface area contributed by atoms with Crippen LogP contribution in [0.2, 0.25) is 0 Å². The van der Waals surface area contributed by atoms with Gasteiger partial charge in [0.15, 0.2) is 0 Å². The van der Waals surface area contributed by atoms with Gasteiger partial charge >= 0.3 is 5.97 Å². The van der Waals surface area contributed by atoms with Gasteiger partial charge in [0, 0.05) is 23.8 Å². The van der Waals surface area contributed by atoms with E-state index in [0.717, 1.165) is 23.0 Å². The molecular weight excluding hydrogens is 274 g/mol. The van der Waals surface area contributed by atoms with Gasteiger partial charge in [-0.15, -0.1) is 0 Å². The first kappa shape index (κ1) is 14.1. The second-order valence-corrected chi connectivity index (χ2v) is 5.38. The smallest absolute Gasteiger partial charge is 0.331 e. The Hall–Kier alpha value is -2.81. The summed E-state index contributed by atoms with van der Waals surface area (Å²) >= 11 is 0. The molecule has 0 atom stereocenters. The molecule has 0 unspecified atom stereocenters. The average molecular weight is 291 g/mol. The van der Waals surface area contributed by atoms with E-state index in [0.29, 0.717) is 5.57 Å². The molecule has 0 amide bonds. The molecule has 0 saturated carbocycles. The van der Waals surface area contributed by atoms with E-state index in [2.05, 4.69) is 29.0 Å². The molecule has 2 aromatic carbocycles. The predicted molar refractivity (Wildman–Crippen MR) is 88.8 cm³/mol. The third-order valence-corrected chi connectivity index (χ3v) is 3.71. The summed E-state index contributed by atoms with van der Waals surface area (Å²) in [5.41, 5.74) is 3.58. The summed E-state index contributed by atoms with van der Waals surface area (Å²) in [6.45, 7) is 2.41. The van der Waals surface area contributed by atoms with Crippen LogP contribution in [0.3, 0.4) is 0 Å². The summed E-state index contributed by atoms with van der Waals surface area (Å²) in [5, 5.41) is 10.1. The minimum absolute atomic E-state index is 0.334. The highest BCUT2D eigenvalue weighted by Crippen LogP contribution is 2.20. The number of hydrogen-bond donors (Lipinski definition) is 1. The number of carboxylic acids is 1. The molecule has 0 radical (unpaired) electrons. The molecule has 3 aromatic rings. The standard InChI is InChI=1S/C19H17NO2/c1-14(19(21)22)11-16-7-8-17-9-10-20(18(17)12-16)13-15-5-3-2-4-6-15/h2-12H,13H2,1H3,(H,21,22)/b14-11+. The maximum Gasteiger partial charge on any atom is 0.331 e. The van der Waals surface area contributed by atoms with Gasteiger partial charge in [0.25, 0.3) is 0 Å². The molecule has 0 bridgehead atoms. The number of hydrogen-bond acceptors (Lipinski definition) is 1. The SMILES string of the molecule is C/C(=C\c1ccc2ccn(Cc3ccccc3)c2c1)C(=O)O. The summed E-state index contributed by atoms with van der Waals surface area (Å²) in [6, 6.07) is 18.4. The van der Waals surface area contributed by atoms with Crippen molar-refractivity contribution in [2.45, 2.75) is 13.5 Å². The molecule has 110 valence electrons. The molecule has 0 aliphatic carbocycles. The Bertz CT molecular complexity index is 844. The Kier molecular flexibility index (Phi) is 3.79. The second kappa shape index (κ2) is 5.90. The van der Waals surface area contributed by atoms with Crippen LogP contribution in [-0.4, -0.2) is 15.6 Å². The number of nitrogens with zero attached hydrogens (tertiary/aromatic N) is 1. The van der Waals surface area contributed by atoms with Crippen molar-refractivity contribution >= 4 is 22.9 Å². The molecule has 1 heterocycles. The second-order valence-electron chi connectivity index (χ2n) is 5.38. The molecule has 1 aromatic heterocycles. The van der Waals surface area contributed by atoms with Crippen molar-refractivity contribution in [3.8, 4) is 0 Å². The van der Waals surface area contributed by atoms with Gasteiger partial charge in [-0.1, -0.05) is 42.5 Å². The lowest BCUT2D eigenvalue weighted by atomic mass is 10.1. The van der Waals surface area contributed by atoms with Crippen LogP contribution in [0.15, 0.2) is 66.4 Å². The highest BCUT2D eigenvalue weighted by molar-refractivity contribution is 5.92. The van der Waals surface area contributed by atoms with Crippen molar-refractivity contribution in [1.82, 2.24) is 4.57 Å². The van der Waals surface area contributed by atoms with Crippen molar-refractivity contribution in [3.63, 3.8) is 0 Å². The molecule has 22 heavy (non-hydrogen) atoms. The zero-order chi connectivity index (χ0) is 15.5. The van der Waals surface area contributed by atoms with Crippen LogP contribution in [0.4, 0.5) is 0 Å². The summed E-state index contributed by atoms with van der Waals surface area (Å²) in [7, 11) is 0. The van der Waals surface area contributed by atoms with Gasteiger partial charge in [-0.25, -0.2) is 4.79 Å². The molecule has 3 rings (SSSR count). The summed E-state index contributed by atoms with van der Waals surface area (Å²) in [6.07, 6.45) is 3.76. The van der Waals surface area contributed by atoms with Crippen LogP contribution in [0.1, 0.15) is 18.1 Å². The molecule has 3 heteroatoms. The number of benzene rings is 2. The largest absolute Gasteiger partial charge is 0.478 e. The van der Waals surface area contributed by atoms with Gasteiger partial charge in [-0.3, -0.25) is 0 Å². The summed E-state index contributed by atoms with van der Waals surface area (Å²) < 4.78 is 2.18. The van der Waals surface area contributed by atoms with E-state index in [1.54, 1.807) is 13.0 Å². The van der Waals surface area contributed by atoms with E-state index in [1.165, 1.54) is 5.56 Å². The van der Waals surface area contributed by atoms with Gasteiger partial charge in [-0.2, -0.15) is 0 Å². The molecule has 0 aliphatic heterocycles. The predicted octanol–water partition coefficient (Wildman–Crippen LogP) is 4.18. The minimum atomic E-state index is -0.889. The summed E-state index contributed by atoms with van der Waals surface area (Å²) in [4.78, 5) is 11.0. The molecule has 0 saturated heterocycles. The Morgan fingerprint density at radius 2 is 1.91 bits per heavy atom. The Morgan fingerprint density at radius 3 is 2.64 bits per heavy atom. The first-order chi connectivity index (χ1) is 10.6. The van der Waals surface area contributed by atoms with Crippen molar-refractivity contribution in [2.75, 3.05) is 0 Å². The van der Waals surface area contributed by atoms with Gasteiger partial charge < -0.3 is 9.67 Å². The molecule has 1 N–H and O–H groups in total. The van der Waals surface area contributed by atoms with E-state index >= 15 is 0 Å². The molecular formula is C19H17NO2. The number of aromatic nitrogens is 1. The van der Waals surface area contributed by atoms with E-state index < -0.39 is 5.97 Å². The van der Waals surface area contributed by atoms with Crippen LogP contribution >= 0.6 is 0 Å². The molecule has 0 fully saturated rings. The lowest BCUT2D eigenvalue weighted by Crippen LogP contribution is -1.98.